The summed E-state index contributed by atoms with van der Waals surface area (Å²) in [6.45, 7) is 6.27. The molecule has 16 heteroatoms. The average molecular weight is 621 g/mol. The number of nitrogens with one attached hydrogen (secondary N) is 1. The highest BCUT2D eigenvalue weighted by Gasteiger charge is 2.54. The number of aryl methyl sites for hydroxylation is 1. The standard InChI is InChI=1S/C25H28N6O7S3/c1-12-15(41-10-27-12)7-6-13-8-39-21-17(29-19(32)16(30-36-5)14-9-40-24(26)28-14)20(33)31(21)18(13)22(34)37-11-38-23(35)25(2,3)4/h6-7,9-10,17,21H,8,11H2,1-5H3,(H2,26,28)(H,29,32)/b7-6+,30-16?/t17-,21+/m1/s1. The zero-order chi connectivity index (χ0) is 29.9. The van der Waals surface area contributed by atoms with Gasteiger partial charge >= 0.3 is 11.9 Å². The number of hydrogen-bond donors (Lipinski definition) is 2. The van der Waals surface area contributed by atoms with Crippen molar-refractivity contribution in [3.63, 3.8) is 0 Å². The predicted molar refractivity (Wildman–Crippen MR) is 155 cm³/mol. The summed E-state index contributed by atoms with van der Waals surface area (Å²) in [5.74, 6) is -2.26. The number of thioether (sulfide) groups is 1. The van der Waals surface area contributed by atoms with Gasteiger partial charge in [-0.15, -0.1) is 34.4 Å². The fourth-order valence-electron chi connectivity index (χ4n) is 3.73. The Labute approximate surface area is 247 Å². The van der Waals surface area contributed by atoms with Crippen LogP contribution >= 0.6 is 34.4 Å². The third-order valence-corrected chi connectivity index (χ3v) is 8.72. The summed E-state index contributed by atoms with van der Waals surface area (Å²) in [7, 11) is 1.28. The summed E-state index contributed by atoms with van der Waals surface area (Å²) in [6.07, 6.45) is 3.55. The van der Waals surface area contributed by atoms with Crippen molar-refractivity contribution in [3.05, 3.63) is 44.5 Å². The fraction of sp³-hybridized carbons (Fsp3) is 0.400. The molecule has 218 valence electrons. The molecule has 2 aliphatic heterocycles. The van der Waals surface area contributed by atoms with Gasteiger partial charge in [0.1, 0.15) is 29.9 Å². The number of aromatic nitrogens is 2. The zero-order valence-electron chi connectivity index (χ0n) is 22.8. The molecule has 41 heavy (non-hydrogen) atoms. The molecular weight excluding hydrogens is 593 g/mol. The average Bonchev–Trinajstić information content (AvgIpc) is 3.54. The van der Waals surface area contributed by atoms with E-state index in [1.807, 2.05) is 13.0 Å². The van der Waals surface area contributed by atoms with Crippen LogP contribution < -0.4 is 11.1 Å². The van der Waals surface area contributed by atoms with Crippen molar-refractivity contribution in [1.29, 1.82) is 0 Å². The van der Waals surface area contributed by atoms with Crippen LogP contribution in [0.15, 0.2) is 33.4 Å². The minimum atomic E-state index is -0.957. The molecule has 4 heterocycles. The van der Waals surface area contributed by atoms with Crippen molar-refractivity contribution in [2.45, 2.75) is 39.1 Å². The lowest BCUT2D eigenvalue weighted by molar-refractivity contribution is -0.173. The molecule has 2 amide bonds. The van der Waals surface area contributed by atoms with Crippen molar-refractivity contribution in [2.75, 3.05) is 25.4 Å². The first-order valence-corrected chi connectivity index (χ1v) is 15.0. The van der Waals surface area contributed by atoms with Gasteiger partial charge in [0.25, 0.3) is 11.8 Å². The molecule has 13 nitrogen and oxygen atoms in total. The van der Waals surface area contributed by atoms with Gasteiger partial charge in [-0.3, -0.25) is 19.3 Å². The number of ether oxygens (including phenoxy) is 2. The van der Waals surface area contributed by atoms with Crippen molar-refractivity contribution in [1.82, 2.24) is 20.2 Å². The van der Waals surface area contributed by atoms with E-state index in [-0.39, 0.29) is 22.2 Å². The van der Waals surface area contributed by atoms with E-state index in [1.165, 1.54) is 35.1 Å². The Morgan fingerprint density at radius 1 is 1.24 bits per heavy atom. The molecule has 4 rings (SSSR count). The number of hydrogen-bond acceptors (Lipinski definition) is 14. The van der Waals surface area contributed by atoms with Gasteiger partial charge < -0.3 is 25.4 Å². The Kier molecular flexibility index (Phi) is 9.14. The summed E-state index contributed by atoms with van der Waals surface area (Å²) in [4.78, 5) is 67.0. The number of esters is 2. The number of nitrogens with zero attached hydrogens (tertiary/aromatic N) is 4. The minimum Gasteiger partial charge on any atom is -0.427 e. The van der Waals surface area contributed by atoms with Crippen molar-refractivity contribution in [2.24, 2.45) is 10.6 Å². The van der Waals surface area contributed by atoms with Crippen molar-refractivity contribution < 1.29 is 33.5 Å². The Morgan fingerprint density at radius 3 is 2.61 bits per heavy atom. The summed E-state index contributed by atoms with van der Waals surface area (Å²) in [5.41, 5.74) is 8.03. The number of rotatable bonds is 9. The first-order chi connectivity index (χ1) is 19.4. The number of nitrogen functional groups attached to an aromatic ring is 1. The zero-order valence-corrected chi connectivity index (χ0v) is 25.3. The Balaban J connectivity index is 1.55. The maximum Gasteiger partial charge on any atom is 0.358 e. The molecule has 0 radical (unpaired) electrons. The maximum atomic E-state index is 13.3. The third-order valence-electron chi connectivity index (χ3n) is 5.85. The molecule has 3 N–H and O–H groups in total. The van der Waals surface area contributed by atoms with Gasteiger partial charge in [0.2, 0.25) is 6.79 Å². The quantitative estimate of drug-likeness (QED) is 0.138. The van der Waals surface area contributed by atoms with E-state index in [2.05, 4.69) is 20.4 Å². The highest BCUT2D eigenvalue weighted by atomic mass is 32.2. The Morgan fingerprint density at radius 2 is 2.00 bits per heavy atom. The van der Waals surface area contributed by atoms with Crippen LogP contribution in [0.4, 0.5) is 5.13 Å². The van der Waals surface area contributed by atoms with E-state index in [4.69, 9.17) is 20.0 Å². The third kappa shape index (κ3) is 6.60. The van der Waals surface area contributed by atoms with Gasteiger partial charge in [-0.1, -0.05) is 11.2 Å². The molecule has 2 aromatic rings. The number of nitrogens with two attached hydrogens (primary N) is 1. The number of allylic oxidation sites excluding steroid dienone is 1. The number of β-lactam (4-membered cyclic amide) rings is 1. The number of carbonyl (C=O) groups is 4. The largest absolute Gasteiger partial charge is 0.427 e. The van der Waals surface area contributed by atoms with E-state index < -0.39 is 47.4 Å². The number of carbonyl (C=O) groups excluding carboxylic acids is 4. The predicted octanol–water partition coefficient (Wildman–Crippen LogP) is 2.30. The van der Waals surface area contributed by atoms with Gasteiger partial charge in [0, 0.05) is 16.0 Å². The van der Waals surface area contributed by atoms with Crippen LogP contribution in [0, 0.1) is 12.3 Å². The molecule has 0 spiro atoms. The lowest BCUT2D eigenvalue weighted by Crippen LogP contribution is -2.71. The van der Waals surface area contributed by atoms with E-state index >= 15 is 0 Å². The van der Waals surface area contributed by atoms with Crippen LogP contribution in [-0.2, 0) is 33.5 Å². The van der Waals surface area contributed by atoms with Crippen LogP contribution in [0.1, 0.15) is 37.0 Å². The van der Waals surface area contributed by atoms with Gasteiger partial charge in [-0.05, 0) is 39.3 Å². The molecular formula is C25H28N6O7S3. The van der Waals surface area contributed by atoms with Gasteiger partial charge in [0.15, 0.2) is 10.8 Å². The Bertz CT molecular complexity index is 1460. The van der Waals surface area contributed by atoms with E-state index in [0.717, 1.165) is 21.9 Å². The second-order valence-electron chi connectivity index (χ2n) is 9.80. The lowest BCUT2D eigenvalue weighted by Gasteiger charge is -2.49. The van der Waals surface area contributed by atoms with Gasteiger partial charge in [0.05, 0.1) is 16.6 Å². The van der Waals surface area contributed by atoms with Crippen molar-refractivity contribution >= 4 is 75.1 Å². The van der Waals surface area contributed by atoms with Crippen LogP contribution in [0.25, 0.3) is 6.08 Å². The smallest absolute Gasteiger partial charge is 0.358 e. The molecule has 1 saturated heterocycles. The molecule has 2 aliphatic rings. The molecule has 0 saturated carbocycles. The summed E-state index contributed by atoms with van der Waals surface area (Å²) in [6, 6.07) is -0.957. The highest BCUT2D eigenvalue weighted by Crippen LogP contribution is 2.41. The highest BCUT2D eigenvalue weighted by molar-refractivity contribution is 8.00. The number of fused-ring (bicyclic) bond motifs is 1. The molecule has 0 aromatic carbocycles. The maximum absolute atomic E-state index is 13.3. The van der Waals surface area contributed by atoms with E-state index in [9.17, 15) is 19.2 Å². The van der Waals surface area contributed by atoms with E-state index in [0.29, 0.717) is 11.3 Å². The number of amides is 2. The van der Waals surface area contributed by atoms with Crippen LogP contribution in [-0.4, -0.2) is 75.4 Å². The summed E-state index contributed by atoms with van der Waals surface area (Å²) >= 11 is 3.92. The first-order valence-electron chi connectivity index (χ1n) is 12.2. The van der Waals surface area contributed by atoms with Crippen LogP contribution in [0.2, 0.25) is 0 Å². The van der Waals surface area contributed by atoms with Crippen molar-refractivity contribution in [3.8, 4) is 0 Å². The number of anilines is 1. The number of oxime groups is 1. The first kappa shape index (κ1) is 30.2. The molecule has 0 unspecified atom stereocenters. The lowest BCUT2D eigenvalue weighted by atomic mass is 9.98. The van der Waals surface area contributed by atoms with Gasteiger partial charge in [-0.2, -0.15) is 0 Å². The molecule has 0 bridgehead atoms. The SMILES string of the molecule is CON=C(C(=O)N[C@@H]1C(=O)N2C(C(=O)OCOC(=O)C(C)(C)C)=C(/C=C/c3scnc3C)CS[C@@H]12)c1csc(N)n1. The Hall–Kier alpha value is -3.76. The van der Waals surface area contributed by atoms with Gasteiger partial charge in [-0.25, -0.2) is 14.8 Å². The summed E-state index contributed by atoms with van der Waals surface area (Å²) in [5, 5.41) is 7.59. The summed E-state index contributed by atoms with van der Waals surface area (Å²) < 4.78 is 10.3. The fourth-order valence-corrected chi connectivity index (χ4v) is 6.29. The second-order valence-corrected chi connectivity index (χ2v) is 12.7. The van der Waals surface area contributed by atoms with Crippen LogP contribution in [0.5, 0.6) is 0 Å². The molecule has 1 fully saturated rings. The van der Waals surface area contributed by atoms with Crippen LogP contribution in [0.3, 0.4) is 0 Å². The number of thiazole rings is 2. The molecule has 2 aromatic heterocycles. The molecule has 0 aliphatic carbocycles. The van der Waals surface area contributed by atoms with E-state index in [1.54, 1.807) is 37.7 Å². The molecule has 2 atom stereocenters. The monoisotopic (exact) mass is 620 g/mol. The second kappa shape index (κ2) is 12.4. The topological polar surface area (TPSA) is 175 Å². The minimum absolute atomic E-state index is 0.00697. The normalized spacial score (nSPS) is 19.1.